The Morgan fingerprint density at radius 1 is 1.07 bits per heavy atom. The molecule has 0 saturated heterocycles. The van der Waals surface area contributed by atoms with Gasteiger partial charge in [0.15, 0.2) is 5.78 Å². The highest BCUT2D eigenvalue weighted by Crippen LogP contribution is 2.37. The van der Waals surface area contributed by atoms with Crippen LogP contribution < -0.4 is 5.32 Å². The first-order valence-electron chi connectivity index (χ1n) is 9.58. The van der Waals surface area contributed by atoms with Crippen molar-refractivity contribution >= 4 is 17.5 Å². The second-order valence-corrected chi connectivity index (χ2v) is 7.82. The molecule has 28 heavy (non-hydrogen) atoms. The monoisotopic (exact) mass is 378 g/mol. The van der Waals surface area contributed by atoms with E-state index < -0.39 is 11.8 Å². The van der Waals surface area contributed by atoms with Gasteiger partial charge >= 0.3 is 0 Å². The first-order chi connectivity index (χ1) is 13.3. The summed E-state index contributed by atoms with van der Waals surface area (Å²) in [5, 5.41) is 2.81. The summed E-state index contributed by atoms with van der Waals surface area (Å²) in [4.78, 5) is 42.1. The third-order valence-electron chi connectivity index (χ3n) is 5.35. The van der Waals surface area contributed by atoms with Gasteiger partial charge in [-0.25, -0.2) is 0 Å². The Morgan fingerprint density at radius 3 is 2.39 bits per heavy atom. The minimum atomic E-state index is -0.739. The molecule has 1 aliphatic carbocycles. The van der Waals surface area contributed by atoms with Gasteiger partial charge in [0, 0.05) is 25.0 Å². The highest BCUT2D eigenvalue weighted by atomic mass is 16.2. The van der Waals surface area contributed by atoms with Crippen LogP contribution in [0.5, 0.6) is 0 Å². The van der Waals surface area contributed by atoms with Crippen LogP contribution in [0.25, 0.3) is 0 Å². The summed E-state index contributed by atoms with van der Waals surface area (Å²) in [6.07, 6.45) is 1.87. The van der Waals surface area contributed by atoms with E-state index in [1.807, 2.05) is 52.0 Å². The lowest BCUT2D eigenvalue weighted by molar-refractivity contribution is -0.128. The number of amides is 1. The molecule has 2 atom stereocenters. The van der Waals surface area contributed by atoms with Crippen LogP contribution in [-0.2, 0) is 20.9 Å². The summed E-state index contributed by atoms with van der Waals surface area (Å²) in [5.74, 6) is -1.74. The summed E-state index contributed by atoms with van der Waals surface area (Å²) in [6, 6.07) is 7.79. The zero-order valence-corrected chi connectivity index (χ0v) is 16.8. The largest absolute Gasteiger partial charge is 0.350 e. The summed E-state index contributed by atoms with van der Waals surface area (Å²) >= 11 is 0. The van der Waals surface area contributed by atoms with E-state index in [4.69, 9.17) is 0 Å². The normalized spacial score (nSPS) is 19.1. The molecule has 5 nitrogen and oxygen atoms in total. The van der Waals surface area contributed by atoms with Crippen molar-refractivity contribution in [2.24, 2.45) is 5.92 Å². The molecule has 3 rings (SSSR count). The van der Waals surface area contributed by atoms with E-state index >= 15 is 0 Å². The van der Waals surface area contributed by atoms with Crippen molar-refractivity contribution in [2.75, 3.05) is 0 Å². The minimum absolute atomic E-state index is 0.0385. The molecule has 1 aliphatic rings. The highest BCUT2D eigenvalue weighted by Gasteiger charge is 2.43. The van der Waals surface area contributed by atoms with Crippen LogP contribution in [0.4, 0.5) is 0 Å². The molecular formula is C23H26N2O3. The molecule has 146 valence electrons. The second-order valence-electron chi connectivity index (χ2n) is 7.82. The van der Waals surface area contributed by atoms with Crippen molar-refractivity contribution in [2.45, 2.75) is 53.0 Å². The number of nitrogens with zero attached hydrogens (tertiary/aromatic N) is 1. The SMILES string of the molecule is Cc1ccnc(CNC(=O)CC2CC(=O)C(c3c(C)cc(C)cc3C)C2=O)c1. The molecule has 1 heterocycles. The fourth-order valence-corrected chi connectivity index (χ4v) is 4.16. The number of ketones is 2. The summed E-state index contributed by atoms with van der Waals surface area (Å²) < 4.78 is 0. The number of aromatic nitrogens is 1. The number of benzene rings is 1. The van der Waals surface area contributed by atoms with Gasteiger partial charge in [-0.3, -0.25) is 19.4 Å². The van der Waals surface area contributed by atoms with Crippen molar-refractivity contribution in [3.63, 3.8) is 0 Å². The molecule has 1 amide bonds. The third-order valence-corrected chi connectivity index (χ3v) is 5.35. The van der Waals surface area contributed by atoms with Crippen LogP contribution >= 0.6 is 0 Å². The van der Waals surface area contributed by atoms with E-state index in [2.05, 4.69) is 10.3 Å². The molecule has 1 aromatic carbocycles. The lowest BCUT2D eigenvalue weighted by Gasteiger charge is -2.16. The van der Waals surface area contributed by atoms with Crippen LogP contribution in [-0.4, -0.2) is 22.5 Å². The Morgan fingerprint density at radius 2 is 1.75 bits per heavy atom. The third kappa shape index (κ3) is 4.19. The van der Waals surface area contributed by atoms with Gasteiger partial charge in [-0.15, -0.1) is 0 Å². The molecule has 0 aliphatic heterocycles. The Kier molecular flexibility index (Phi) is 5.73. The maximum atomic E-state index is 12.9. The van der Waals surface area contributed by atoms with Crippen molar-refractivity contribution in [1.29, 1.82) is 0 Å². The van der Waals surface area contributed by atoms with Crippen molar-refractivity contribution < 1.29 is 14.4 Å². The van der Waals surface area contributed by atoms with E-state index in [0.717, 1.165) is 33.5 Å². The Hall–Kier alpha value is -2.82. The lowest BCUT2D eigenvalue weighted by Crippen LogP contribution is -2.27. The average molecular weight is 378 g/mol. The number of carbonyl (C=O) groups excluding carboxylic acids is 3. The molecule has 0 radical (unpaired) electrons. The van der Waals surface area contributed by atoms with Crippen LogP contribution in [0.2, 0.25) is 0 Å². The second kappa shape index (κ2) is 8.05. The van der Waals surface area contributed by atoms with E-state index in [9.17, 15) is 14.4 Å². The van der Waals surface area contributed by atoms with Gasteiger partial charge in [0.2, 0.25) is 5.91 Å². The quantitative estimate of drug-likeness (QED) is 0.810. The van der Waals surface area contributed by atoms with Gasteiger partial charge in [0.05, 0.1) is 12.2 Å². The average Bonchev–Trinajstić information content (AvgIpc) is 2.87. The molecule has 1 aromatic heterocycles. The molecule has 2 aromatic rings. The number of nitrogens with one attached hydrogen (secondary N) is 1. The fourth-order valence-electron chi connectivity index (χ4n) is 4.16. The van der Waals surface area contributed by atoms with Gasteiger partial charge < -0.3 is 5.32 Å². The number of Topliss-reactive ketones (excluding diaryl/α,β-unsaturated/α-hetero) is 2. The number of hydrogen-bond acceptors (Lipinski definition) is 4. The van der Waals surface area contributed by atoms with Crippen molar-refractivity contribution in [1.82, 2.24) is 10.3 Å². The van der Waals surface area contributed by atoms with E-state index in [1.165, 1.54) is 0 Å². The zero-order chi connectivity index (χ0) is 20.4. The highest BCUT2D eigenvalue weighted by molar-refractivity contribution is 6.15. The topological polar surface area (TPSA) is 76.1 Å². The Bertz CT molecular complexity index is 926. The van der Waals surface area contributed by atoms with Crippen LogP contribution in [0.15, 0.2) is 30.5 Å². The fraction of sp³-hybridized carbons (Fsp3) is 0.391. The van der Waals surface area contributed by atoms with Gasteiger partial charge in [0.1, 0.15) is 11.7 Å². The number of rotatable bonds is 5. The van der Waals surface area contributed by atoms with E-state index in [0.29, 0.717) is 6.54 Å². The Balaban J connectivity index is 1.67. The lowest BCUT2D eigenvalue weighted by atomic mass is 9.86. The smallest absolute Gasteiger partial charge is 0.221 e. The summed E-state index contributed by atoms with van der Waals surface area (Å²) in [5.41, 5.74) is 5.68. The van der Waals surface area contributed by atoms with Crippen LogP contribution in [0, 0.1) is 33.6 Å². The predicted molar refractivity (Wildman–Crippen MR) is 107 cm³/mol. The number of aryl methyl sites for hydroxylation is 4. The van der Waals surface area contributed by atoms with Crippen LogP contribution in [0.1, 0.15) is 52.3 Å². The molecule has 5 heteroatoms. The Labute approximate surface area is 165 Å². The summed E-state index contributed by atoms with van der Waals surface area (Å²) in [6.45, 7) is 8.15. The maximum Gasteiger partial charge on any atom is 0.221 e. The summed E-state index contributed by atoms with van der Waals surface area (Å²) in [7, 11) is 0. The van der Waals surface area contributed by atoms with E-state index in [1.54, 1.807) is 6.20 Å². The number of pyridine rings is 1. The molecule has 1 fully saturated rings. The maximum absolute atomic E-state index is 12.9. The van der Waals surface area contributed by atoms with Gasteiger partial charge in [0.25, 0.3) is 0 Å². The predicted octanol–water partition coefficient (Wildman–Crippen LogP) is 3.26. The van der Waals surface area contributed by atoms with Gasteiger partial charge in [-0.05, 0) is 62.1 Å². The standard InChI is InChI=1S/C23H26N2O3/c1-13-5-6-24-18(9-13)12-25-20(27)11-17-10-19(26)22(23(17)28)21-15(3)7-14(2)8-16(21)4/h5-9,17,22H,10-12H2,1-4H3,(H,25,27). The first kappa shape index (κ1) is 19.9. The first-order valence-corrected chi connectivity index (χ1v) is 9.58. The molecule has 1 N–H and O–H groups in total. The molecule has 1 saturated carbocycles. The van der Waals surface area contributed by atoms with E-state index in [-0.39, 0.29) is 30.3 Å². The molecular weight excluding hydrogens is 352 g/mol. The minimum Gasteiger partial charge on any atom is -0.350 e. The number of carbonyl (C=O) groups is 3. The molecule has 2 unspecified atom stereocenters. The van der Waals surface area contributed by atoms with Gasteiger partial charge in [-0.1, -0.05) is 17.7 Å². The zero-order valence-electron chi connectivity index (χ0n) is 16.8. The van der Waals surface area contributed by atoms with Gasteiger partial charge in [-0.2, -0.15) is 0 Å². The molecule has 0 spiro atoms. The number of hydrogen-bond donors (Lipinski definition) is 1. The van der Waals surface area contributed by atoms with Crippen molar-refractivity contribution in [3.8, 4) is 0 Å². The van der Waals surface area contributed by atoms with Crippen LogP contribution in [0.3, 0.4) is 0 Å². The molecule has 0 bridgehead atoms. The van der Waals surface area contributed by atoms with Crippen molar-refractivity contribution in [3.05, 3.63) is 64.0 Å².